The molecule has 0 radical (unpaired) electrons. The summed E-state index contributed by atoms with van der Waals surface area (Å²) in [5.41, 5.74) is -4.84. The van der Waals surface area contributed by atoms with E-state index in [2.05, 4.69) is 19.9 Å². The number of allylic oxidation sites excluding steroid dienone is 2. The molecule has 1 N–H and O–H groups in total. The molecule has 1 aromatic carbocycles. The number of thioether (sulfide) groups is 1. The molecule has 0 bridgehead atoms. The van der Waals surface area contributed by atoms with Crippen LogP contribution in [0.5, 0.6) is 0 Å². The summed E-state index contributed by atoms with van der Waals surface area (Å²) in [6.45, 7) is 17.8. The lowest BCUT2D eigenvalue weighted by Gasteiger charge is -2.64. The molecule has 0 spiro atoms. The molecule has 5 rings (SSSR count). The van der Waals surface area contributed by atoms with Crippen LogP contribution in [0.3, 0.4) is 0 Å². The third-order valence-corrected chi connectivity index (χ3v) is 14.5. The molecule has 0 aliphatic heterocycles. The van der Waals surface area contributed by atoms with Crippen LogP contribution in [0, 0.1) is 39.4 Å². The Kier molecular flexibility index (Phi) is 9.53. The maximum absolute atomic E-state index is 14.9. The first-order valence-corrected chi connectivity index (χ1v) is 18.5. The van der Waals surface area contributed by atoms with Crippen molar-refractivity contribution in [1.82, 2.24) is 0 Å². The molecular weight excluding hydrogens is 640 g/mol. The van der Waals surface area contributed by atoms with Crippen molar-refractivity contribution in [3.05, 3.63) is 42.0 Å². The number of benzene rings is 1. The SMILES string of the molecule is CC(=O)O[C@@H]1C[C@@]2(C)[C@@H]3CC=C4[C@@H](C[C@H](Sc5ccccc5)C(=O)C4(C)C)[C@]3(C)C(=O)C[C@]2(C)[C@H]1[C@@](C)(O)C(=O)CCC(C)(C)OC(C)=O. The van der Waals surface area contributed by atoms with Crippen LogP contribution in [0.25, 0.3) is 0 Å². The highest BCUT2D eigenvalue weighted by Crippen LogP contribution is 2.74. The number of aliphatic hydroxyl groups is 1. The predicted octanol–water partition coefficient (Wildman–Crippen LogP) is 7.09. The molecular formula is C40H54O8S. The highest BCUT2D eigenvalue weighted by molar-refractivity contribution is 8.00. The molecule has 0 saturated heterocycles. The van der Waals surface area contributed by atoms with Crippen molar-refractivity contribution in [3.63, 3.8) is 0 Å². The molecule has 8 nitrogen and oxygen atoms in total. The van der Waals surface area contributed by atoms with Crippen LogP contribution in [0.4, 0.5) is 0 Å². The van der Waals surface area contributed by atoms with Crippen LogP contribution in [0.2, 0.25) is 0 Å². The Labute approximate surface area is 295 Å². The maximum atomic E-state index is 14.9. The molecule has 0 unspecified atom stereocenters. The van der Waals surface area contributed by atoms with Gasteiger partial charge in [0.05, 0.1) is 5.25 Å². The highest BCUT2D eigenvalue weighted by Gasteiger charge is 2.75. The zero-order valence-corrected chi connectivity index (χ0v) is 31.6. The third-order valence-electron chi connectivity index (χ3n) is 13.2. The first-order valence-electron chi connectivity index (χ1n) is 17.6. The summed E-state index contributed by atoms with van der Waals surface area (Å²) in [7, 11) is 0. The Balaban J connectivity index is 1.54. The lowest BCUT2D eigenvalue weighted by molar-refractivity contribution is -0.185. The van der Waals surface area contributed by atoms with E-state index in [1.807, 2.05) is 51.1 Å². The van der Waals surface area contributed by atoms with Crippen molar-refractivity contribution in [2.45, 2.75) is 135 Å². The number of esters is 2. The van der Waals surface area contributed by atoms with Crippen molar-refractivity contribution in [2.24, 2.45) is 39.4 Å². The number of fused-ring (bicyclic) bond motifs is 5. The van der Waals surface area contributed by atoms with Crippen LogP contribution in [-0.2, 0) is 33.4 Å². The second kappa shape index (κ2) is 12.5. The molecule has 268 valence electrons. The lowest BCUT2D eigenvalue weighted by atomic mass is 9.38. The number of ketones is 3. The van der Waals surface area contributed by atoms with E-state index in [-0.39, 0.29) is 47.9 Å². The Morgan fingerprint density at radius 1 is 0.959 bits per heavy atom. The van der Waals surface area contributed by atoms with E-state index < -0.39 is 62.6 Å². The molecule has 9 atom stereocenters. The summed E-state index contributed by atoms with van der Waals surface area (Å²) in [5.74, 6) is -2.35. The van der Waals surface area contributed by atoms with E-state index in [1.54, 1.807) is 25.6 Å². The number of ether oxygens (including phenoxy) is 2. The minimum Gasteiger partial charge on any atom is -0.462 e. The van der Waals surface area contributed by atoms with Gasteiger partial charge in [0.2, 0.25) is 0 Å². The van der Waals surface area contributed by atoms with Crippen LogP contribution >= 0.6 is 11.8 Å². The fourth-order valence-corrected chi connectivity index (χ4v) is 12.0. The maximum Gasteiger partial charge on any atom is 0.303 e. The Morgan fingerprint density at radius 3 is 2.18 bits per heavy atom. The molecule has 9 heteroatoms. The van der Waals surface area contributed by atoms with Crippen molar-refractivity contribution < 1.29 is 38.6 Å². The average molecular weight is 695 g/mol. The zero-order chi connectivity index (χ0) is 36.5. The summed E-state index contributed by atoms with van der Waals surface area (Å²) in [5, 5.41) is 11.9. The second-order valence-corrected chi connectivity index (χ2v) is 18.4. The molecule has 3 fully saturated rings. The Bertz CT molecular complexity index is 1580. The normalized spacial score (nSPS) is 36.4. The Hall–Kier alpha value is -2.78. The van der Waals surface area contributed by atoms with E-state index in [9.17, 15) is 29.1 Å². The number of rotatable bonds is 9. The van der Waals surface area contributed by atoms with Gasteiger partial charge in [-0.25, -0.2) is 0 Å². The first kappa shape index (κ1) is 37.5. The molecule has 0 heterocycles. The minimum absolute atomic E-state index is 0.0593. The number of Topliss-reactive ketones (excluding diaryl/α,β-unsaturated/α-hetero) is 3. The summed E-state index contributed by atoms with van der Waals surface area (Å²) >= 11 is 1.57. The topological polar surface area (TPSA) is 124 Å². The van der Waals surface area contributed by atoms with Crippen LogP contribution in [0.1, 0.15) is 108 Å². The molecule has 0 aromatic heterocycles. The molecule has 49 heavy (non-hydrogen) atoms. The van der Waals surface area contributed by atoms with Gasteiger partial charge >= 0.3 is 11.9 Å². The van der Waals surface area contributed by atoms with Gasteiger partial charge in [0.25, 0.3) is 0 Å². The van der Waals surface area contributed by atoms with Gasteiger partial charge in [-0.05, 0) is 95.1 Å². The molecule has 1 aromatic rings. The van der Waals surface area contributed by atoms with Gasteiger partial charge in [0.15, 0.2) is 11.6 Å². The largest absolute Gasteiger partial charge is 0.462 e. The molecule has 3 saturated carbocycles. The Morgan fingerprint density at radius 2 is 1.59 bits per heavy atom. The predicted molar refractivity (Wildman–Crippen MR) is 187 cm³/mol. The summed E-state index contributed by atoms with van der Waals surface area (Å²) in [6.07, 6.45) is 3.16. The van der Waals surface area contributed by atoms with Gasteiger partial charge in [-0.3, -0.25) is 24.0 Å². The second-order valence-electron chi connectivity index (χ2n) is 17.1. The van der Waals surface area contributed by atoms with Crippen molar-refractivity contribution in [1.29, 1.82) is 0 Å². The number of hydrogen-bond acceptors (Lipinski definition) is 9. The van der Waals surface area contributed by atoms with E-state index in [1.165, 1.54) is 20.8 Å². The first-order chi connectivity index (χ1) is 22.5. The quantitative estimate of drug-likeness (QED) is 0.213. The van der Waals surface area contributed by atoms with Crippen LogP contribution in [0.15, 0.2) is 46.9 Å². The monoisotopic (exact) mass is 694 g/mol. The fourth-order valence-electron chi connectivity index (χ4n) is 10.7. The van der Waals surface area contributed by atoms with Gasteiger partial charge in [-0.15, -0.1) is 11.8 Å². The van der Waals surface area contributed by atoms with Crippen LogP contribution in [-0.4, -0.2) is 57.0 Å². The number of carbonyl (C=O) groups is 5. The van der Waals surface area contributed by atoms with Gasteiger partial charge in [0, 0.05) is 48.3 Å². The fraction of sp³-hybridized carbons (Fsp3) is 0.675. The summed E-state index contributed by atoms with van der Waals surface area (Å²) < 4.78 is 11.4. The van der Waals surface area contributed by atoms with Crippen molar-refractivity contribution in [3.8, 4) is 0 Å². The van der Waals surface area contributed by atoms with E-state index in [4.69, 9.17) is 9.47 Å². The molecule has 4 aliphatic carbocycles. The standard InChI is InChI=1S/C40H54O8S/c1-23(41)47-28-21-37(7)30-17-16-26-27(20-29(34(45)36(26,5)6)49-25-14-12-11-13-15-25)39(30,9)32(44)22-38(37,8)33(28)40(10,46)31(43)18-19-35(3,4)48-24(2)42/h11-16,27-30,33,46H,17-22H2,1-10H3/t27-,28-,29+,30+,33+,37+,38-,39+,40+/m1/s1. The highest BCUT2D eigenvalue weighted by atomic mass is 32.2. The summed E-state index contributed by atoms with van der Waals surface area (Å²) in [6, 6.07) is 9.91. The molecule has 0 amide bonds. The summed E-state index contributed by atoms with van der Waals surface area (Å²) in [4.78, 5) is 68.1. The third kappa shape index (κ3) is 6.04. The molecule has 4 aliphatic rings. The zero-order valence-electron chi connectivity index (χ0n) is 30.8. The van der Waals surface area contributed by atoms with Gasteiger partial charge in [-0.2, -0.15) is 0 Å². The smallest absolute Gasteiger partial charge is 0.303 e. The van der Waals surface area contributed by atoms with E-state index in [0.717, 1.165) is 10.5 Å². The van der Waals surface area contributed by atoms with Crippen LogP contribution < -0.4 is 0 Å². The lowest BCUT2D eigenvalue weighted by Crippen LogP contribution is -2.65. The van der Waals surface area contributed by atoms with Gasteiger partial charge in [0.1, 0.15) is 23.1 Å². The van der Waals surface area contributed by atoms with Gasteiger partial charge < -0.3 is 14.6 Å². The van der Waals surface area contributed by atoms with E-state index >= 15 is 0 Å². The average Bonchev–Trinajstić information content (AvgIpc) is 3.20. The minimum atomic E-state index is -1.93. The number of hydrogen-bond donors (Lipinski definition) is 1. The van der Waals surface area contributed by atoms with Gasteiger partial charge in [-0.1, -0.05) is 50.6 Å². The van der Waals surface area contributed by atoms with Crippen molar-refractivity contribution >= 4 is 41.1 Å². The number of carbonyl (C=O) groups excluding carboxylic acids is 5. The van der Waals surface area contributed by atoms with Crippen molar-refractivity contribution in [2.75, 3.05) is 0 Å². The van der Waals surface area contributed by atoms with E-state index in [0.29, 0.717) is 19.3 Å².